The largest absolute Gasteiger partial charge is 0.305 e. The predicted molar refractivity (Wildman–Crippen MR) is 83.7 cm³/mol. The summed E-state index contributed by atoms with van der Waals surface area (Å²) in [6.45, 7) is 5.96. The maximum Gasteiger partial charge on any atom is 0.236 e. The second-order valence-electron chi connectivity index (χ2n) is 5.02. The van der Waals surface area contributed by atoms with Gasteiger partial charge in [0, 0.05) is 12.2 Å². The summed E-state index contributed by atoms with van der Waals surface area (Å²) in [7, 11) is 0.450. The zero-order valence-electron chi connectivity index (χ0n) is 12.5. The molecular weight excluding hydrogens is 272 g/mol. The van der Waals surface area contributed by atoms with Crippen LogP contribution in [0.4, 0.5) is 0 Å². The molecule has 0 aliphatic carbocycles. The van der Waals surface area contributed by atoms with Crippen LogP contribution in [-0.2, 0) is 16.6 Å². The van der Waals surface area contributed by atoms with Gasteiger partial charge in [0.15, 0.2) is 0 Å². The molecule has 0 N–H and O–H groups in total. The summed E-state index contributed by atoms with van der Waals surface area (Å²) < 4.78 is 26.3. The lowest BCUT2D eigenvalue weighted by Gasteiger charge is -2.27. The molecule has 0 saturated carbocycles. The first-order valence-corrected chi connectivity index (χ1v) is 8.34. The highest BCUT2D eigenvalue weighted by Crippen LogP contribution is 2.13. The van der Waals surface area contributed by atoms with E-state index in [1.54, 1.807) is 0 Å². The Morgan fingerprint density at radius 2 is 1.85 bits per heavy atom. The van der Waals surface area contributed by atoms with Crippen LogP contribution in [-0.4, -0.2) is 43.5 Å². The summed E-state index contributed by atoms with van der Waals surface area (Å²) in [5, 5.41) is 0. The highest BCUT2D eigenvalue weighted by Gasteiger charge is 2.24. The average molecular weight is 296 g/mol. The monoisotopic (exact) mass is 296 g/mol. The number of hydrogen-bond donors (Lipinski definition) is 0. The van der Waals surface area contributed by atoms with E-state index in [0.29, 0.717) is 6.54 Å². The highest BCUT2D eigenvalue weighted by molar-refractivity contribution is 7.89. The lowest BCUT2D eigenvalue weighted by molar-refractivity contribution is 0.305. The van der Waals surface area contributed by atoms with Crippen molar-refractivity contribution in [3.63, 3.8) is 0 Å². The first-order chi connectivity index (χ1) is 9.40. The van der Waals surface area contributed by atoms with E-state index in [1.165, 1.54) is 10.5 Å². The number of benzene rings is 1. The van der Waals surface area contributed by atoms with Gasteiger partial charge in [-0.3, -0.25) is 4.31 Å². The van der Waals surface area contributed by atoms with E-state index < -0.39 is 10.0 Å². The van der Waals surface area contributed by atoms with Crippen LogP contribution in [0.3, 0.4) is 0 Å². The molecule has 0 bridgehead atoms. The van der Waals surface area contributed by atoms with Gasteiger partial charge >= 0.3 is 0 Å². The maximum absolute atomic E-state index is 12.5. The van der Waals surface area contributed by atoms with Gasteiger partial charge in [-0.05, 0) is 26.1 Å². The van der Waals surface area contributed by atoms with E-state index in [-0.39, 0.29) is 11.8 Å². The van der Waals surface area contributed by atoms with Gasteiger partial charge in [0.05, 0.1) is 12.3 Å². The fourth-order valence-corrected chi connectivity index (χ4v) is 3.80. The lowest BCUT2D eigenvalue weighted by atomic mass is 10.2. The maximum atomic E-state index is 12.5. The van der Waals surface area contributed by atoms with E-state index in [1.807, 2.05) is 56.3 Å². The van der Waals surface area contributed by atoms with Crippen molar-refractivity contribution >= 4 is 10.0 Å². The highest BCUT2D eigenvalue weighted by atomic mass is 32.2. The Balaban J connectivity index is 2.84. The van der Waals surface area contributed by atoms with Gasteiger partial charge in [0.25, 0.3) is 0 Å². The molecule has 0 aromatic heterocycles. The Hall–Kier alpha value is -1.33. The molecule has 1 aromatic rings. The minimum Gasteiger partial charge on any atom is -0.305 e. The average Bonchev–Trinajstić information content (AvgIpc) is 2.42. The molecule has 0 heterocycles. The Morgan fingerprint density at radius 3 is 2.30 bits per heavy atom. The van der Waals surface area contributed by atoms with Crippen molar-refractivity contribution < 1.29 is 8.42 Å². The SMILES string of the molecule is C=CN(Cc1ccccc1)S(=O)(=O)CC(CC)N(C)C. The van der Waals surface area contributed by atoms with Crippen LogP contribution >= 0.6 is 0 Å². The van der Waals surface area contributed by atoms with Gasteiger partial charge < -0.3 is 4.90 Å². The van der Waals surface area contributed by atoms with Crippen LogP contribution in [0.1, 0.15) is 18.9 Å². The second kappa shape index (κ2) is 7.45. The standard InChI is InChI=1S/C15H24N2O2S/c1-5-15(16(3)4)13-20(18,19)17(6-2)12-14-10-8-7-9-11-14/h6-11,15H,2,5,12-13H2,1,3-4H3. The van der Waals surface area contributed by atoms with Crippen LogP contribution in [0.2, 0.25) is 0 Å². The quantitative estimate of drug-likeness (QED) is 0.739. The molecule has 0 saturated heterocycles. The van der Waals surface area contributed by atoms with Gasteiger partial charge in [0.1, 0.15) is 0 Å². The van der Waals surface area contributed by atoms with Gasteiger partial charge in [-0.25, -0.2) is 8.42 Å². The molecule has 1 rings (SSSR count). The summed E-state index contributed by atoms with van der Waals surface area (Å²) in [5.74, 6) is 0.107. The van der Waals surface area contributed by atoms with E-state index >= 15 is 0 Å². The molecule has 1 aromatic carbocycles. The molecule has 0 amide bonds. The number of sulfonamides is 1. The van der Waals surface area contributed by atoms with Crippen molar-refractivity contribution in [2.75, 3.05) is 19.8 Å². The topological polar surface area (TPSA) is 40.6 Å². The Labute approximate surface area is 122 Å². The van der Waals surface area contributed by atoms with Crippen molar-refractivity contribution in [2.24, 2.45) is 0 Å². The predicted octanol–water partition coefficient (Wildman–Crippen LogP) is 2.30. The van der Waals surface area contributed by atoms with E-state index in [0.717, 1.165) is 12.0 Å². The van der Waals surface area contributed by atoms with Crippen LogP contribution in [0.5, 0.6) is 0 Å². The summed E-state index contributed by atoms with van der Waals surface area (Å²) >= 11 is 0. The van der Waals surface area contributed by atoms with Gasteiger partial charge in [-0.15, -0.1) is 0 Å². The normalized spacial score (nSPS) is 13.2. The Kier molecular flexibility index (Phi) is 6.23. The van der Waals surface area contributed by atoms with Crippen LogP contribution in [0, 0.1) is 0 Å². The van der Waals surface area contributed by atoms with Gasteiger partial charge in [-0.2, -0.15) is 0 Å². The van der Waals surface area contributed by atoms with Gasteiger partial charge in [-0.1, -0.05) is 43.8 Å². The first kappa shape index (κ1) is 16.7. The smallest absolute Gasteiger partial charge is 0.236 e. The molecular formula is C15H24N2O2S. The second-order valence-corrected chi connectivity index (χ2v) is 6.98. The van der Waals surface area contributed by atoms with Gasteiger partial charge in [0.2, 0.25) is 10.0 Å². The summed E-state index contributed by atoms with van der Waals surface area (Å²) in [5.41, 5.74) is 0.953. The molecule has 112 valence electrons. The fraction of sp³-hybridized carbons (Fsp3) is 0.467. The Morgan fingerprint density at radius 1 is 1.25 bits per heavy atom. The van der Waals surface area contributed by atoms with Crippen LogP contribution < -0.4 is 0 Å². The summed E-state index contributed by atoms with van der Waals surface area (Å²) in [6, 6.07) is 9.55. The van der Waals surface area contributed by atoms with Crippen molar-refractivity contribution in [3.8, 4) is 0 Å². The zero-order valence-corrected chi connectivity index (χ0v) is 13.3. The molecule has 0 fully saturated rings. The van der Waals surface area contributed by atoms with Crippen molar-refractivity contribution in [1.82, 2.24) is 9.21 Å². The van der Waals surface area contributed by atoms with Crippen LogP contribution in [0.15, 0.2) is 43.1 Å². The molecule has 20 heavy (non-hydrogen) atoms. The number of nitrogens with zero attached hydrogens (tertiary/aromatic N) is 2. The summed E-state index contributed by atoms with van der Waals surface area (Å²) in [4.78, 5) is 1.95. The molecule has 1 atom stereocenters. The van der Waals surface area contributed by atoms with E-state index in [9.17, 15) is 8.42 Å². The van der Waals surface area contributed by atoms with Crippen LogP contribution in [0.25, 0.3) is 0 Å². The molecule has 1 unspecified atom stereocenters. The molecule has 0 spiro atoms. The Bertz CT molecular complexity index is 512. The third-order valence-corrected chi connectivity index (χ3v) is 5.15. The first-order valence-electron chi connectivity index (χ1n) is 6.73. The fourth-order valence-electron chi connectivity index (χ4n) is 2.01. The van der Waals surface area contributed by atoms with Crippen molar-refractivity contribution in [2.45, 2.75) is 25.9 Å². The zero-order chi connectivity index (χ0) is 15.2. The van der Waals surface area contributed by atoms with E-state index in [2.05, 4.69) is 6.58 Å². The molecule has 4 nitrogen and oxygen atoms in total. The van der Waals surface area contributed by atoms with Crippen molar-refractivity contribution in [1.29, 1.82) is 0 Å². The molecule has 0 aliphatic rings. The van der Waals surface area contributed by atoms with Crippen molar-refractivity contribution in [3.05, 3.63) is 48.7 Å². The number of hydrogen-bond acceptors (Lipinski definition) is 3. The molecule has 0 aliphatic heterocycles. The number of rotatable bonds is 8. The minimum atomic E-state index is -3.35. The molecule has 5 heteroatoms. The summed E-state index contributed by atoms with van der Waals surface area (Å²) in [6.07, 6.45) is 2.19. The lowest BCUT2D eigenvalue weighted by Crippen LogP contribution is -2.39. The molecule has 0 radical (unpaired) electrons. The third kappa shape index (κ3) is 4.65. The van der Waals surface area contributed by atoms with E-state index in [4.69, 9.17) is 0 Å². The third-order valence-electron chi connectivity index (χ3n) is 3.35. The minimum absolute atomic E-state index is 0.0122.